The number of halogens is 2. The molecule has 118 valence electrons. The molecule has 1 aromatic carbocycles. The predicted molar refractivity (Wildman–Crippen MR) is 99.1 cm³/mol. The normalized spacial score (nSPS) is 25.3. The van der Waals surface area contributed by atoms with Crippen molar-refractivity contribution in [1.29, 1.82) is 0 Å². The molecule has 2 heterocycles. The SMILES string of the molecule is CC1CCSC(CCn2ccnc2)(c2ccc(Cl)cc2Cl)S1. The number of imidazole rings is 1. The maximum atomic E-state index is 6.53. The van der Waals surface area contributed by atoms with Gasteiger partial charge in [0.25, 0.3) is 0 Å². The molecule has 1 aromatic heterocycles. The lowest BCUT2D eigenvalue weighted by Gasteiger charge is -2.40. The molecule has 0 aliphatic carbocycles. The first-order valence-electron chi connectivity index (χ1n) is 7.32. The third-order valence-corrected chi connectivity index (χ3v) is 7.81. The average molecular weight is 373 g/mol. The van der Waals surface area contributed by atoms with E-state index < -0.39 is 0 Å². The van der Waals surface area contributed by atoms with E-state index in [2.05, 4.69) is 22.5 Å². The Labute approximate surface area is 150 Å². The van der Waals surface area contributed by atoms with Crippen LogP contribution in [0.5, 0.6) is 0 Å². The summed E-state index contributed by atoms with van der Waals surface area (Å²) < 4.78 is 2.12. The molecule has 2 atom stereocenters. The van der Waals surface area contributed by atoms with Gasteiger partial charge >= 0.3 is 0 Å². The van der Waals surface area contributed by atoms with Crippen LogP contribution in [-0.4, -0.2) is 20.6 Å². The minimum absolute atomic E-state index is 0.0103. The lowest BCUT2D eigenvalue weighted by molar-refractivity contribution is 0.606. The molecule has 2 aromatic rings. The average Bonchev–Trinajstić information content (AvgIpc) is 2.98. The Balaban J connectivity index is 1.91. The Morgan fingerprint density at radius 3 is 2.95 bits per heavy atom. The highest BCUT2D eigenvalue weighted by Gasteiger charge is 2.39. The third kappa shape index (κ3) is 3.61. The molecule has 0 N–H and O–H groups in total. The van der Waals surface area contributed by atoms with Crippen LogP contribution in [0.1, 0.15) is 25.3 Å². The summed E-state index contributed by atoms with van der Waals surface area (Å²) >= 11 is 16.6. The summed E-state index contributed by atoms with van der Waals surface area (Å²) in [4.78, 5) is 4.13. The molecule has 0 spiro atoms. The zero-order valence-corrected chi connectivity index (χ0v) is 15.5. The Bertz CT molecular complexity index is 633. The van der Waals surface area contributed by atoms with Crippen molar-refractivity contribution in [3.8, 4) is 0 Å². The summed E-state index contributed by atoms with van der Waals surface area (Å²) in [6, 6.07) is 5.90. The van der Waals surface area contributed by atoms with Gasteiger partial charge in [0.1, 0.15) is 0 Å². The molecule has 1 fully saturated rings. The Kier molecular flexibility index (Phi) is 5.33. The zero-order chi connectivity index (χ0) is 15.6. The number of rotatable bonds is 4. The van der Waals surface area contributed by atoms with Gasteiger partial charge < -0.3 is 4.57 Å². The van der Waals surface area contributed by atoms with E-state index in [1.165, 1.54) is 12.0 Å². The van der Waals surface area contributed by atoms with Crippen LogP contribution < -0.4 is 0 Å². The van der Waals surface area contributed by atoms with Crippen LogP contribution in [0.15, 0.2) is 36.9 Å². The van der Waals surface area contributed by atoms with E-state index in [4.69, 9.17) is 23.2 Å². The zero-order valence-electron chi connectivity index (χ0n) is 12.3. The summed E-state index contributed by atoms with van der Waals surface area (Å²) in [5.41, 5.74) is 1.19. The summed E-state index contributed by atoms with van der Waals surface area (Å²) in [6.07, 6.45) is 7.97. The third-order valence-electron chi connectivity index (χ3n) is 3.85. The molecule has 6 heteroatoms. The number of aromatic nitrogens is 2. The van der Waals surface area contributed by atoms with Gasteiger partial charge in [-0.25, -0.2) is 4.98 Å². The minimum atomic E-state index is -0.0103. The number of nitrogens with zero attached hydrogens (tertiary/aromatic N) is 2. The van der Waals surface area contributed by atoms with E-state index in [0.29, 0.717) is 10.3 Å². The van der Waals surface area contributed by atoms with Crippen LogP contribution in [0.4, 0.5) is 0 Å². The van der Waals surface area contributed by atoms with Crippen molar-refractivity contribution in [2.24, 2.45) is 0 Å². The van der Waals surface area contributed by atoms with Crippen LogP contribution in [0.25, 0.3) is 0 Å². The lowest BCUT2D eigenvalue weighted by Crippen LogP contribution is -2.28. The van der Waals surface area contributed by atoms with Crippen LogP contribution in [0.3, 0.4) is 0 Å². The van der Waals surface area contributed by atoms with Crippen molar-refractivity contribution in [3.63, 3.8) is 0 Å². The van der Waals surface area contributed by atoms with Crippen LogP contribution in [0, 0.1) is 0 Å². The molecule has 1 aliphatic heterocycles. The lowest BCUT2D eigenvalue weighted by atomic mass is 10.1. The second-order valence-electron chi connectivity index (χ2n) is 5.49. The second-order valence-corrected chi connectivity index (χ2v) is 9.73. The molecule has 2 unspecified atom stereocenters. The van der Waals surface area contributed by atoms with Crippen molar-refractivity contribution >= 4 is 46.7 Å². The summed E-state index contributed by atoms with van der Waals surface area (Å²) in [6.45, 7) is 3.24. The van der Waals surface area contributed by atoms with Gasteiger partial charge in [0, 0.05) is 34.2 Å². The second kappa shape index (κ2) is 7.08. The number of hydrogen-bond acceptors (Lipinski definition) is 3. The molecule has 22 heavy (non-hydrogen) atoms. The van der Waals surface area contributed by atoms with Crippen LogP contribution in [-0.2, 0) is 10.6 Å². The van der Waals surface area contributed by atoms with Crippen LogP contribution >= 0.6 is 46.7 Å². The molecular weight excluding hydrogens is 355 g/mol. The summed E-state index contributed by atoms with van der Waals surface area (Å²) in [7, 11) is 0. The highest BCUT2D eigenvalue weighted by atomic mass is 35.5. The molecular formula is C16H18Cl2N2S2. The summed E-state index contributed by atoms with van der Waals surface area (Å²) in [5.74, 6) is 1.16. The Morgan fingerprint density at radius 1 is 1.41 bits per heavy atom. The van der Waals surface area contributed by atoms with Crippen molar-refractivity contribution in [1.82, 2.24) is 9.55 Å². The molecule has 1 aliphatic rings. The Morgan fingerprint density at radius 2 is 2.27 bits per heavy atom. The fourth-order valence-corrected chi connectivity index (χ4v) is 7.32. The van der Waals surface area contributed by atoms with Gasteiger partial charge in [0.05, 0.1) is 10.4 Å². The Hall–Kier alpha value is -0.290. The maximum absolute atomic E-state index is 6.53. The van der Waals surface area contributed by atoms with E-state index in [0.717, 1.165) is 23.7 Å². The van der Waals surface area contributed by atoms with Crippen molar-refractivity contribution < 1.29 is 0 Å². The summed E-state index contributed by atoms with van der Waals surface area (Å²) in [5, 5.41) is 2.10. The largest absolute Gasteiger partial charge is 0.337 e. The molecule has 1 saturated heterocycles. The molecule has 0 amide bonds. The molecule has 0 radical (unpaired) electrons. The van der Waals surface area contributed by atoms with Gasteiger partial charge in [-0.05, 0) is 36.3 Å². The fourth-order valence-electron chi connectivity index (χ4n) is 2.71. The first-order valence-corrected chi connectivity index (χ1v) is 9.94. The standard InChI is InChI=1S/C16H18Cl2N2S2/c1-12-4-9-21-16(22-12,5-7-20-8-6-19-11-20)14-3-2-13(17)10-15(14)18/h2-3,6,8,10-12H,4-5,7,9H2,1H3. The van der Waals surface area contributed by atoms with E-state index in [9.17, 15) is 0 Å². The van der Waals surface area contributed by atoms with Gasteiger partial charge in [0.15, 0.2) is 0 Å². The fraction of sp³-hybridized carbons (Fsp3) is 0.438. The molecule has 2 nitrogen and oxygen atoms in total. The number of hydrogen-bond donors (Lipinski definition) is 0. The van der Waals surface area contributed by atoms with Crippen molar-refractivity contribution in [3.05, 3.63) is 52.5 Å². The smallest absolute Gasteiger partial charge is 0.0945 e. The van der Waals surface area contributed by atoms with E-state index >= 15 is 0 Å². The van der Waals surface area contributed by atoms with Gasteiger partial charge in [-0.15, -0.1) is 23.5 Å². The van der Waals surface area contributed by atoms with E-state index in [-0.39, 0.29) is 4.08 Å². The van der Waals surface area contributed by atoms with E-state index in [1.54, 1.807) is 0 Å². The molecule has 0 saturated carbocycles. The number of thioether (sulfide) groups is 2. The first-order chi connectivity index (χ1) is 10.6. The highest BCUT2D eigenvalue weighted by Crippen LogP contribution is 2.57. The molecule has 3 rings (SSSR count). The van der Waals surface area contributed by atoms with Crippen molar-refractivity contribution in [2.45, 2.75) is 35.6 Å². The van der Waals surface area contributed by atoms with Gasteiger partial charge in [-0.1, -0.05) is 36.2 Å². The first kappa shape index (κ1) is 16.6. The topological polar surface area (TPSA) is 17.8 Å². The number of benzene rings is 1. The molecule has 0 bridgehead atoms. The quantitative estimate of drug-likeness (QED) is 0.686. The van der Waals surface area contributed by atoms with Gasteiger partial charge in [-0.3, -0.25) is 0 Å². The van der Waals surface area contributed by atoms with E-state index in [1.807, 2.05) is 54.4 Å². The van der Waals surface area contributed by atoms with Gasteiger partial charge in [-0.2, -0.15) is 0 Å². The highest BCUT2D eigenvalue weighted by molar-refractivity contribution is 8.18. The number of aryl methyl sites for hydroxylation is 1. The van der Waals surface area contributed by atoms with Gasteiger partial charge in [0.2, 0.25) is 0 Å². The predicted octanol–water partition coefficient (Wildman–Crippen LogP) is 5.69. The monoisotopic (exact) mass is 372 g/mol. The maximum Gasteiger partial charge on any atom is 0.0945 e. The minimum Gasteiger partial charge on any atom is -0.337 e. The van der Waals surface area contributed by atoms with Crippen molar-refractivity contribution in [2.75, 3.05) is 5.75 Å². The van der Waals surface area contributed by atoms with Crippen LogP contribution in [0.2, 0.25) is 10.0 Å².